The number of hydrogen-bond donors (Lipinski definition) is 1. The average molecular weight is 308 g/mol. The Bertz CT molecular complexity index is 653. The van der Waals surface area contributed by atoms with Crippen LogP contribution in [0.5, 0.6) is 0 Å². The molecule has 1 heterocycles. The maximum Gasteiger partial charge on any atom is 0.236 e. The molecule has 1 aromatic carbocycles. The number of rotatable bonds is 5. The standard InChI is InChI=1S/C15H20N2O3S/c1-3-10-21(19,20)16-13-7-8-14(12(2)11-13)17-9-5-4-6-15(17)18/h3,7-8,11,16H,1,4-6,9-10H2,2H3. The smallest absolute Gasteiger partial charge is 0.236 e. The molecule has 1 amide bonds. The maximum atomic E-state index is 11.9. The van der Waals surface area contributed by atoms with Gasteiger partial charge in [0, 0.05) is 24.3 Å². The lowest BCUT2D eigenvalue weighted by atomic mass is 10.1. The SMILES string of the molecule is C=CCS(=O)(=O)Nc1ccc(N2CCCCC2=O)c(C)c1. The molecule has 6 heteroatoms. The zero-order valence-electron chi connectivity index (χ0n) is 12.1. The van der Waals surface area contributed by atoms with Crippen LogP contribution in [0.4, 0.5) is 11.4 Å². The first kappa shape index (κ1) is 15.6. The van der Waals surface area contributed by atoms with Crippen LogP contribution in [0.1, 0.15) is 24.8 Å². The van der Waals surface area contributed by atoms with Gasteiger partial charge in [-0.15, -0.1) is 6.58 Å². The van der Waals surface area contributed by atoms with Crippen LogP contribution in [-0.4, -0.2) is 26.6 Å². The van der Waals surface area contributed by atoms with Gasteiger partial charge in [0.15, 0.2) is 0 Å². The zero-order chi connectivity index (χ0) is 15.5. The molecular weight excluding hydrogens is 288 g/mol. The minimum atomic E-state index is -3.40. The number of hydrogen-bond acceptors (Lipinski definition) is 3. The Morgan fingerprint density at radius 1 is 1.38 bits per heavy atom. The number of piperidine rings is 1. The molecule has 1 fully saturated rings. The van der Waals surface area contributed by atoms with E-state index in [1.54, 1.807) is 23.1 Å². The van der Waals surface area contributed by atoms with E-state index in [1.807, 2.05) is 6.92 Å². The summed E-state index contributed by atoms with van der Waals surface area (Å²) < 4.78 is 25.9. The summed E-state index contributed by atoms with van der Waals surface area (Å²) >= 11 is 0. The van der Waals surface area contributed by atoms with E-state index in [-0.39, 0.29) is 11.7 Å². The van der Waals surface area contributed by atoms with Gasteiger partial charge in [0.2, 0.25) is 15.9 Å². The first-order valence-electron chi connectivity index (χ1n) is 6.95. The van der Waals surface area contributed by atoms with Gasteiger partial charge < -0.3 is 4.90 Å². The predicted octanol–water partition coefficient (Wildman–Crippen LogP) is 2.44. The van der Waals surface area contributed by atoms with Crippen LogP contribution in [0.2, 0.25) is 0 Å². The Kier molecular flexibility index (Phi) is 4.67. The Labute approximate surface area is 125 Å². The van der Waals surface area contributed by atoms with Crippen molar-refractivity contribution < 1.29 is 13.2 Å². The largest absolute Gasteiger partial charge is 0.312 e. The van der Waals surface area contributed by atoms with Crippen molar-refractivity contribution in [2.24, 2.45) is 0 Å². The van der Waals surface area contributed by atoms with Gasteiger partial charge in [-0.3, -0.25) is 9.52 Å². The fraction of sp³-hybridized carbons (Fsp3) is 0.400. The van der Waals surface area contributed by atoms with Crippen molar-refractivity contribution in [3.63, 3.8) is 0 Å². The van der Waals surface area contributed by atoms with Crippen molar-refractivity contribution in [2.75, 3.05) is 21.9 Å². The number of benzene rings is 1. The van der Waals surface area contributed by atoms with E-state index in [9.17, 15) is 13.2 Å². The number of carbonyl (C=O) groups is 1. The Morgan fingerprint density at radius 2 is 2.14 bits per heavy atom. The summed E-state index contributed by atoms with van der Waals surface area (Å²) in [5, 5.41) is 0. The second-order valence-electron chi connectivity index (χ2n) is 5.18. The predicted molar refractivity (Wildman–Crippen MR) is 85.0 cm³/mol. The lowest BCUT2D eigenvalue weighted by Crippen LogP contribution is -2.35. The fourth-order valence-electron chi connectivity index (χ4n) is 2.46. The van der Waals surface area contributed by atoms with Crippen molar-refractivity contribution in [1.82, 2.24) is 0 Å². The summed E-state index contributed by atoms with van der Waals surface area (Å²) in [5.41, 5.74) is 2.23. The minimum Gasteiger partial charge on any atom is -0.312 e. The van der Waals surface area contributed by atoms with E-state index in [0.717, 1.165) is 30.6 Å². The highest BCUT2D eigenvalue weighted by Crippen LogP contribution is 2.27. The van der Waals surface area contributed by atoms with E-state index >= 15 is 0 Å². The van der Waals surface area contributed by atoms with Gasteiger partial charge in [-0.1, -0.05) is 6.08 Å². The average Bonchev–Trinajstić information content (AvgIpc) is 2.39. The highest BCUT2D eigenvalue weighted by Gasteiger charge is 2.21. The Balaban J connectivity index is 2.21. The van der Waals surface area contributed by atoms with Crippen molar-refractivity contribution in [2.45, 2.75) is 26.2 Å². The van der Waals surface area contributed by atoms with Crippen molar-refractivity contribution in [1.29, 1.82) is 0 Å². The minimum absolute atomic E-state index is 0.127. The topological polar surface area (TPSA) is 66.5 Å². The van der Waals surface area contributed by atoms with Crippen molar-refractivity contribution in [3.8, 4) is 0 Å². The van der Waals surface area contributed by atoms with Gasteiger partial charge in [-0.25, -0.2) is 8.42 Å². The fourth-order valence-corrected chi connectivity index (χ4v) is 3.34. The van der Waals surface area contributed by atoms with E-state index in [1.165, 1.54) is 6.08 Å². The summed E-state index contributed by atoms with van der Waals surface area (Å²) in [6.07, 6.45) is 3.86. The van der Waals surface area contributed by atoms with Crippen LogP contribution in [0.25, 0.3) is 0 Å². The van der Waals surface area contributed by atoms with Gasteiger partial charge in [0.1, 0.15) is 0 Å². The summed E-state index contributed by atoms with van der Waals surface area (Å²) in [5.74, 6) is 0.00244. The third-order valence-corrected chi connectivity index (χ3v) is 4.64. The van der Waals surface area contributed by atoms with E-state index in [4.69, 9.17) is 0 Å². The quantitative estimate of drug-likeness (QED) is 0.850. The molecule has 1 aliphatic rings. The number of aryl methyl sites for hydroxylation is 1. The number of anilines is 2. The summed E-state index contributed by atoms with van der Waals surface area (Å²) in [7, 11) is -3.40. The molecule has 0 spiro atoms. The molecule has 1 N–H and O–H groups in total. The molecule has 0 atom stereocenters. The third kappa shape index (κ3) is 3.85. The van der Waals surface area contributed by atoms with Crippen LogP contribution in [0.15, 0.2) is 30.9 Å². The van der Waals surface area contributed by atoms with Crippen LogP contribution < -0.4 is 9.62 Å². The highest BCUT2D eigenvalue weighted by atomic mass is 32.2. The summed E-state index contributed by atoms with van der Waals surface area (Å²) in [6.45, 7) is 6.03. The van der Waals surface area contributed by atoms with Crippen LogP contribution in [0, 0.1) is 6.92 Å². The van der Waals surface area contributed by atoms with E-state index in [2.05, 4.69) is 11.3 Å². The summed E-state index contributed by atoms with van der Waals surface area (Å²) in [6, 6.07) is 5.23. The monoisotopic (exact) mass is 308 g/mol. The number of sulfonamides is 1. The molecule has 1 aliphatic heterocycles. The molecule has 1 aromatic rings. The van der Waals surface area contributed by atoms with E-state index in [0.29, 0.717) is 12.1 Å². The number of amides is 1. The van der Waals surface area contributed by atoms with Gasteiger partial charge in [0.05, 0.1) is 5.75 Å². The molecular formula is C15H20N2O3S. The zero-order valence-corrected chi connectivity index (χ0v) is 12.9. The molecule has 0 aliphatic carbocycles. The first-order chi connectivity index (χ1) is 9.93. The molecule has 1 saturated heterocycles. The van der Waals surface area contributed by atoms with Crippen LogP contribution >= 0.6 is 0 Å². The van der Waals surface area contributed by atoms with Crippen molar-refractivity contribution >= 4 is 27.3 Å². The van der Waals surface area contributed by atoms with Gasteiger partial charge in [-0.2, -0.15) is 0 Å². The normalized spacial score (nSPS) is 15.9. The van der Waals surface area contributed by atoms with Crippen LogP contribution in [0.3, 0.4) is 0 Å². The highest BCUT2D eigenvalue weighted by molar-refractivity contribution is 7.92. The molecule has 0 aromatic heterocycles. The first-order valence-corrected chi connectivity index (χ1v) is 8.60. The molecule has 5 nitrogen and oxygen atoms in total. The molecule has 0 unspecified atom stereocenters. The van der Waals surface area contributed by atoms with Crippen molar-refractivity contribution in [3.05, 3.63) is 36.4 Å². The molecule has 2 rings (SSSR count). The Hall–Kier alpha value is -1.82. The molecule has 0 saturated carbocycles. The number of carbonyl (C=O) groups excluding carboxylic acids is 1. The van der Waals surface area contributed by atoms with E-state index < -0.39 is 10.0 Å². The summed E-state index contributed by atoms with van der Waals surface area (Å²) in [4.78, 5) is 13.7. The third-order valence-electron chi connectivity index (χ3n) is 3.42. The molecule has 21 heavy (non-hydrogen) atoms. The lowest BCUT2D eigenvalue weighted by Gasteiger charge is -2.28. The number of nitrogens with one attached hydrogen (secondary N) is 1. The molecule has 114 valence electrons. The second-order valence-corrected chi connectivity index (χ2v) is 6.94. The van der Waals surface area contributed by atoms with Gasteiger partial charge in [-0.05, 0) is 43.5 Å². The van der Waals surface area contributed by atoms with Gasteiger partial charge >= 0.3 is 0 Å². The lowest BCUT2D eigenvalue weighted by molar-refractivity contribution is -0.119. The Morgan fingerprint density at radius 3 is 2.76 bits per heavy atom. The number of nitrogens with zero attached hydrogens (tertiary/aromatic N) is 1. The van der Waals surface area contributed by atoms with Crippen LogP contribution in [-0.2, 0) is 14.8 Å². The molecule has 0 bridgehead atoms. The maximum absolute atomic E-state index is 11.9. The molecule has 0 radical (unpaired) electrons. The van der Waals surface area contributed by atoms with Gasteiger partial charge in [0.25, 0.3) is 0 Å². The second kappa shape index (κ2) is 6.30.